The van der Waals surface area contributed by atoms with Crippen molar-refractivity contribution in [2.24, 2.45) is 0 Å². The first-order valence-corrected chi connectivity index (χ1v) is 9.82. The number of benzene rings is 1. The Balaban J connectivity index is 2.29. The lowest BCUT2D eigenvalue weighted by Crippen LogP contribution is -2.15. The average molecular weight is 354 g/mol. The fourth-order valence-corrected chi connectivity index (χ4v) is 3.78. The number of aryl methyl sites for hydroxylation is 1. The van der Waals surface area contributed by atoms with E-state index in [-0.39, 0.29) is 5.41 Å². The third-order valence-corrected chi connectivity index (χ3v) is 5.73. The van der Waals surface area contributed by atoms with Gasteiger partial charge in [-0.3, -0.25) is 0 Å². The van der Waals surface area contributed by atoms with Crippen LogP contribution in [0.4, 0.5) is 0 Å². The van der Waals surface area contributed by atoms with Gasteiger partial charge in [-0.15, -0.1) is 11.8 Å². The Hall–Kier alpha value is -1.81. The van der Waals surface area contributed by atoms with Gasteiger partial charge in [-0.2, -0.15) is 5.10 Å². The van der Waals surface area contributed by atoms with Crippen LogP contribution in [-0.4, -0.2) is 19.8 Å². The van der Waals surface area contributed by atoms with Gasteiger partial charge in [0, 0.05) is 16.2 Å². The number of rotatable bonds is 4. The minimum Gasteiger partial charge on any atom is -0.232 e. The number of thioether (sulfide) groups is 1. The Morgan fingerprint density at radius 2 is 1.84 bits per heavy atom. The monoisotopic (exact) mass is 353 g/mol. The van der Waals surface area contributed by atoms with Crippen molar-refractivity contribution in [3.8, 4) is 11.1 Å². The van der Waals surface area contributed by atoms with Crippen molar-refractivity contribution in [3.63, 3.8) is 0 Å². The minimum atomic E-state index is -0.00134. The number of fused-ring (bicyclic) bond motifs is 1. The van der Waals surface area contributed by atoms with Crippen LogP contribution in [-0.2, 0) is 5.41 Å². The van der Waals surface area contributed by atoms with Crippen molar-refractivity contribution in [3.05, 3.63) is 47.8 Å². The summed E-state index contributed by atoms with van der Waals surface area (Å²) in [6, 6.07) is 12.7. The van der Waals surface area contributed by atoms with Crippen LogP contribution in [0, 0.1) is 6.92 Å². The van der Waals surface area contributed by atoms with Crippen LogP contribution < -0.4 is 0 Å². The summed E-state index contributed by atoms with van der Waals surface area (Å²) in [7, 11) is 0. The van der Waals surface area contributed by atoms with Gasteiger partial charge in [-0.25, -0.2) is 9.50 Å². The van der Waals surface area contributed by atoms with Gasteiger partial charge >= 0.3 is 0 Å². The molecule has 0 amide bonds. The zero-order valence-corrected chi connectivity index (χ0v) is 16.8. The third-order valence-electron chi connectivity index (χ3n) is 4.46. The van der Waals surface area contributed by atoms with Gasteiger partial charge in [-0.05, 0) is 25.0 Å². The number of hydrogen-bond acceptors (Lipinski definition) is 3. The molecule has 0 fully saturated rings. The lowest BCUT2D eigenvalue weighted by Gasteiger charge is -2.20. The second-order valence-corrected chi connectivity index (χ2v) is 9.09. The summed E-state index contributed by atoms with van der Waals surface area (Å²) in [6.07, 6.45) is 1.13. The molecule has 4 heteroatoms. The van der Waals surface area contributed by atoms with Crippen molar-refractivity contribution in [2.75, 3.05) is 0 Å². The topological polar surface area (TPSA) is 30.2 Å². The van der Waals surface area contributed by atoms with E-state index < -0.39 is 0 Å². The Morgan fingerprint density at radius 3 is 2.44 bits per heavy atom. The highest BCUT2D eigenvalue weighted by atomic mass is 32.2. The van der Waals surface area contributed by atoms with Gasteiger partial charge in [0.05, 0.1) is 11.4 Å². The van der Waals surface area contributed by atoms with Gasteiger partial charge in [0.2, 0.25) is 0 Å². The summed E-state index contributed by atoms with van der Waals surface area (Å²) in [6.45, 7) is 13.2. The van der Waals surface area contributed by atoms with E-state index in [9.17, 15) is 0 Å². The van der Waals surface area contributed by atoms with Crippen LogP contribution in [0.1, 0.15) is 52.4 Å². The quantitative estimate of drug-likeness (QED) is 0.432. The van der Waals surface area contributed by atoms with Crippen LogP contribution >= 0.6 is 11.8 Å². The van der Waals surface area contributed by atoms with Gasteiger partial charge in [-0.1, -0.05) is 65.0 Å². The summed E-state index contributed by atoms with van der Waals surface area (Å²) >= 11 is 1.88. The SMILES string of the molecule is CC[C@H](C)Sc1cc(C(C)(C)C)nc2c(-c3ccccc3)c(C)nn12. The molecule has 3 rings (SSSR count). The summed E-state index contributed by atoms with van der Waals surface area (Å²) in [4.78, 5) is 5.02. The number of hydrogen-bond donors (Lipinski definition) is 0. The molecule has 0 spiro atoms. The fourth-order valence-electron chi connectivity index (χ4n) is 2.80. The maximum absolute atomic E-state index is 5.02. The zero-order valence-electron chi connectivity index (χ0n) is 16.0. The molecule has 0 saturated heterocycles. The molecule has 2 aromatic heterocycles. The summed E-state index contributed by atoms with van der Waals surface area (Å²) in [5, 5.41) is 6.55. The molecule has 0 aliphatic rings. The molecule has 0 aliphatic carbocycles. The van der Waals surface area contributed by atoms with E-state index in [1.807, 2.05) is 22.3 Å². The first kappa shape index (κ1) is 18.0. The van der Waals surface area contributed by atoms with E-state index in [1.54, 1.807) is 0 Å². The van der Waals surface area contributed by atoms with E-state index in [1.165, 1.54) is 10.6 Å². The van der Waals surface area contributed by atoms with Gasteiger partial charge in [0.25, 0.3) is 0 Å². The Labute approximate surface area is 154 Å². The Bertz CT molecular complexity index is 876. The highest BCUT2D eigenvalue weighted by Gasteiger charge is 2.22. The van der Waals surface area contributed by atoms with Crippen molar-refractivity contribution in [1.82, 2.24) is 14.6 Å². The summed E-state index contributed by atoms with van der Waals surface area (Å²) in [5.74, 6) is 0. The van der Waals surface area contributed by atoms with Crippen LogP contribution in [0.15, 0.2) is 41.4 Å². The first-order chi connectivity index (χ1) is 11.8. The lowest BCUT2D eigenvalue weighted by molar-refractivity contribution is 0.563. The van der Waals surface area contributed by atoms with E-state index in [4.69, 9.17) is 10.1 Å². The molecule has 0 aliphatic heterocycles. The highest BCUT2D eigenvalue weighted by molar-refractivity contribution is 7.99. The van der Waals surface area contributed by atoms with Crippen LogP contribution in [0.5, 0.6) is 0 Å². The highest BCUT2D eigenvalue weighted by Crippen LogP contribution is 2.34. The second kappa shape index (κ2) is 6.83. The third kappa shape index (κ3) is 3.59. The molecular weight excluding hydrogens is 326 g/mol. The lowest BCUT2D eigenvalue weighted by atomic mass is 9.92. The predicted octanol–water partition coefficient (Wildman–Crippen LogP) is 5.89. The Kier molecular flexibility index (Phi) is 4.92. The molecule has 0 bridgehead atoms. The van der Waals surface area contributed by atoms with Crippen LogP contribution in [0.3, 0.4) is 0 Å². The maximum atomic E-state index is 5.02. The molecule has 2 heterocycles. The normalized spacial score (nSPS) is 13.4. The van der Waals surface area contributed by atoms with Crippen LogP contribution in [0.25, 0.3) is 16.8 Å². The molecule has 3 nitrogen and oxygen atoms in total. The van der Waals surface area contributed by atoms with Crippen molar-refractivity contribution >= 4 is 17.4 Å². The molecule has 1 atom stereocenters. The van der Waals surface area contributed by atoms with Gasteiger partial charge < -0.3 is 0 Å². The average Bonchev–Trinajstić information content (AvgIpc) is 2.91. The molecule has 0 N–H and O–H groups in total. The molecule has 1 aromatic carbocycles. The van der Waals surface area contributed by atoms with Crippen LogP contribution in [0.2, 0.25) is 0 Å². The smallest absolute Gasteiger partial charge is 0.164 e. The van der Waals surface area contributed by atoms with Gasteiger partial charge in [0.15, 0.2) is 5.65 Å². The molecule has 132 valence electrons. The molecule has 3 aromatic rings. The summed E-state index contributed by atoms with van der Waals surface area (Å²) in [5.41, 5.74) is 5.41. The number of aromatic nitrogens is 3. The first-order valence-electron chi connectivity index (χ1n) is 8.94. The number of nitrogens with zero attached hydrogens (tertiary/aromatic N) is 3. The van der Waals surface area contributed by atoms with E-state index in [2.05, 4.69) is 71.9 Å². The van der Waals surface area contributed by atoms with Crippen molar-refractivity contribution in [2.45, 2.75) is 63.7 Å². The van der Waals surface area contributed by atoms with E-state index in [0.717, 1.165) is 29.0 Å². The molecule has 25 heavy (non-hydrogen) atoms. The maximum Gasteiger partial charge on any atom is 0.164 e. The largest absolute Gasteiger partial charge is 0.232 e. The fraction of sp³-hybridized carbons (Fsp3) is 0.429. The van der Waals surface area contributed by atoms with Crippen molar-refractivity contribution < 1.29 is 0 Å². The summed E-state index contributed by atoms with van der Waals surface area (Å²) < 4.78 is 2.03. The standard InChI is InChI=1S/C21H27N3S/c1-7-14(2)25-18-13-17(21(4,5)6)22-20-19(15(3)23-24(18)20)16-11-9-8-10-12-16/h8-14H,7H2,1-6H3/t14-/m0/s1. The Morgan fingerprint density at radius 1 is 1.16 bits per heavy atom. The molecular formula is C21H27N3S. The molecule has 0 unspecified atom stereocenters. The van der Waals surface area contributed by atoms with Gasteiger partial charge in [0.1, 0.15) is 5.03 Å². The molecule has 0 radical (unpaired) electrons. The molecule has 0 saturated carbocycles. The van der Waals surface area contributed by atoms with Crippen molar-refractivity contribution in [1.29, 1.82) is 0 Å². The second-order valence-electron chi connectivity index (χ2n) is 7.63. The van der Waals surface area contributed by atoms with E-state index in [0.29, 0.717) is 5.25 Å². The predicted molar refractivity (Wildman–Crippen MR) is 107 cm³/mol. The zero-order chi connectivity index (χ0) is 18.2. The minimum absolute atomic E-state index is 0.00134. The van der Waals surface area contributed by atoms with E-state index >= 15 is 0 Å².